The average Bonchev–Trinajstić information content (AvgIpc) is 2.38. The van der Waals surface area contributed by atoms with E-state index in [1.165, 1.54) is 0 Å². The number of carboxylic acids is 1. The number of pyridine rings is 1. The highest BCUT2D eigenvalue weighted by Crippen LogP contribution is 2.31. The van der Waals surface area contributed by atoms with E-state index in [4.69, 9.17) is 0 Å². The topological polar surface area (TPSA) is 79.3 Å². The van der Waals surface area contributed by atoms with Crippen molar-refractivity contribution in [2.24, 2.45) is 11.3 Å². The Balaban J connectivity index is 2.70. The smallest absolute Gasteiger partial charge is 0.310 e. The molecule has 1 aromatic heterocycles. The lowest BCUT2D eigenvalue weighted by molar-refractivity contribution is -0.153. The Bertz CT molecular complexity index is 473. The largest absolute Gasteiger partial charge is 0.481 e. The standard InChI is InChI=1S/C15H22N2O3/c1-10(2)15(4,14(19)20)8-13(18)17-11(3)12-6-5-7-16-9-12/h5-7,9-11H,8H2,1-4H3,(H,17,18)(H,19,20)/t11-,15?/m0/s1. The maximum absolute atomic E-state index is 12.1. The predicted octanol–water partition coefficient (Wildman–Crippen LogP) is 2.40. The van der Waals surface area contributed by atoms with Gasteiger partial charge in [0.1, 0.15) is 0 Å². The Labute approximate surface area is 119 Å². The third kappa shape index (κ3) is 3.79. The number of carbonyl (C=O) groups is 2. The molecule has 1 rings (SSSR count). The van der Waals surface area contributed by atoms with Crippen LogP contribution < -0.4 is 5.32 Å². The summed E-state index contributed by atoms with van der Waals surface area (Å²) < 4.78 is 0. The molecule has 0 bridgehead atoms. The second-order valence-electron chi connectivity index (χ2n) is 5.63. The molecule has 1 aromatic rings. The third-order valence-corrected chi connectivity index (χ3v) is 3.85. The summed E-state index contributed by atoms with van der Waals surface area (Å²) >= 11 is 0. The van der Waals surface area contributed by atoms with Gasteiger partial charge in [-0.3, -0.25) is 14.6 Å². The van der Waals surface area contributed by atoms with Crippen molar-refractivity contribution in [3.8, 4) is 0 Å². The quantitative estimate of drug-likeness (QED) is 0.837. The highest BCUT2D eigenvalue weighted by atomic mass is 16.4. The highest BCUT2D eigenvalue weighted by Gasteiger charge is 2.38. The van der Waals surface area contributed by atoms with E-state index in [1.54, 1.807) is 25.4 Å². The van der Waals surface area contributed by atoms with E-state index in [1.807, 2.05) is 26.8 Å². The number of aromatic nitrogens is 1. The van der Waals surface area contributed by atoms with Crippen LogP contribution in [0.1, 0.15) is 45.7 Å². The molecule has 20 heavy (non-hydrogen) atoms. The molecule has 1 heterocycles. The molecule has 2 atom stereocenters. The van der Waals surface area contributed by atoms with E-state index in [0.717, 1.165) is 5.56 Å². The lowest BCUT2D eigenvalue weighted by Crippen LogP contribution is -2.39. The minimum absolute atomic E-state index is 0.0371. The monoisotopic (exact) mass is 278 g/mol. The van der Waals surface area contributed by atoms with Crippen molar-refractivity contribution in [3.63, 3.8) is 0 Å². The van der Waals surface area contributed by atoms with Gasteiger partial charge in [0.05, 0.1) is 11.5 Å². The van der Waals surface area contributed by atoms with Crippen LogP contribution in [0, 0.1) is 11.3 Å². The van der Waals surface area contributed by atoms with Crippen molar-refractivity contribution in [1.82, 2.24) is 10.3 Å². The third-order valence-electron chi connectivity index (χ3n) is 3.85. The molecular weight excluding hydrogens is 256 g/mol. The van der Waals surface area contributed by atoms with Gasteiger partial charge in [-0.1, -0.05) is 19.9 Å². The molecule has 0 saturated carbocycles. The van der Waals surface area contributed by atoms with Gasteiger partial charge in [0.15, 0.2) is 0 Å². The molecule has 0 aliphatic heterocycles. The summed E-state index contributed by atoms with van der Waals surface area (Å²) in [6.07, 6.45) is 3.31. The van der Waals surface area contributed by atoms with Crippen molar-refractivity contribution in [3.05, 3.63) is 30.1 Å². The number of hydrogen-bond donors (Lipinski definition) is 2. The number of hydrogen-bond acceptors (Lipinski definition) is 3. The zero-order chi connectivity index (χ0) is 15.3. The van der Waals surface area contributed by atoms with E-state index in [0.29, 0.717) is 0 Å². The van der Waals surface area contributed by atoms with Crippen LogP contribution in [-0.2, 0) is 9.59 Å². The number of rotatable bonds is 6. The first-order valence-corrected chi connectivity index (χ1v) is 6.70. The first-order valence-electron chi connectivity index (χ1n) is 6.70. The van der Waals surface area contributed by atoms with Crippen molar-refractivity contribution in [2.75, 3.05) is 0 Å². The van der Waals surface area contributed by atoms with Crippen molar-refractivity contribution in [2.45, 2.75) is 40.2 Å². The van der Waals surface area contributed by atoms with Crippen LogP contribution in [0.25, 0.3) is 0 Å². The van der Waals surface area contributed by atoms with E-state index in [2.05, 4.69) is 10.3 Å². The highest BCUT2D eigenvalue weighted by molar-refractivity contribution is 5.85. The Morgan fingerprint density at radius 1 is 1.40 bits per heavy atom. The van der Waals surface area contributed by atoms with E-state index < -0.39 is 11.4 Å². The van der Waals surface area contributed by atoms with Crippen LogP contribution in [0.5, 0.6) is 0 Å². The van der Waals surface area contributed by atoms with Gasteiger partial charge in [0, 0.05) is 18.8 Å². The van der Waals surface area contributed by atoms with Gasteiger partial charge in [0.25, 0.3) is 0 Å². The molecule has 5 heteroatoms. The number of carbonyl (C=O) groups excluding carboxylic acids is 1. The van der Waals surface area contributed by atoms with Gasteiger partial charge < -0.3 is 10.4 Å². The first kappa shape index (κ1) is 16.1. The molecule has 0 saturated heterocycles. The Morgan fingerprint density at radius 2 is 2.05 bits per heavy atom. The molecule has 2 N–H and O–H groups in total. The number of carboxylic acid groups (broad SMARTS) is 1. The number of nitrogens with zero attached hydrogens (tertiary/aromatic N) is 1. The lowest BCUT2D eigenvalue weighted by atomic mass is 9.76. The average molecular weight is 278 g/mol. The molecular formula is C15H22N2O3. The van der Waals surface area contributed by atoms with Gasteiger partial charge in [0.2, 0.25) is 5.91 Å². The van der Waals surface area contributed by atoms with Gasteiger partial charge in [-0.2, -0.15) is 0 Å². The van der Waals surface area contributed by atoms with Gasteiger partial charge in [-0.05, 0) is 31.4 Å². The summed E-state index contributed by atoms with van der Waals surface area (Å²) in [6, 6.07) is 3.48. The zero-order valence-electron chi connectivity index (χ0n) is 12.4. The number of aliphatic carboxylic acids is 1. The lowest BCUT2D eigenvalue weighted by Gasteiger charge is -2.29. The number of nitrogens with one attached hydrogen (secondary N) is 1. The molecule has 0 radical (unpaired) electrons. The minimum Gasteiger partial charge on any atom is -0.481 e. The molecule has 5 nitrogen and oxygen atoms in total. The summed E-state index contributed by atoms with van der Waals surface area (Å²) in [4.78, 5) is 27.4. The van der Waals surface area contributed by atoms with Crippen molar-refractivity contribution < 1.29 is 14.7 Å². The van der Waals surface area contributed by atoms with Crippen LogP contribution in [0.15, 0.2) is 24.5 Å². The Hall–Kier alpha value is -1.91. The van der Waals surface area contributed by atoms with Crippen molar-refractivity contribution in [1.29, 1.82) is 0 Å². The molecule has 0 aliphatic carbocycles. The summed E-state index contributed by atoms with van der Waals surface area (Å²) in [5.74, 6) is -1.34. The number of amides is 1. The fourth-order valence-corrected chi connectivity index (χ4v) is 1.87. The van der Waals surface area contributed by atoms with E-state index in [9.17, 15) is 14.7 Å². The summed E-state index contributed by atoms with van der Waals surface area (Å²) in [5, 5.41) is 12.1. The molecule has 1 unspecified atom stereocenters. The molecule has 110 valence electrons. The minimum atomic E-state index is -1.06. The Kier molecular flexibility index (Phi) is 5.25. The van der Waals surface area contributed by atoms with Crippen molar-refractivity contribution >= 4 is 11.9 Å². The van der Waals surface area contributed by atoms with Gasteiger partial charge in [-0.15, -0.1) is 0 Å². The van der Waals surface area contributed by atoms with Gasteiger partial charge in [-0.25, -0.2) is 0 Å². The van der Waals surface area contributed by atoms with E-state index >= 15 is 0 Å². The predicted molar refractivity (Wildman–Crippen MR) is 76.0 cm³/mol. The van der Waals surface area contributed by atoms with E-state index in [-0.39, 0.29) is 24.3 Å². The normalized spacial score (nSPS) is 15.4. The molecule has 0 fully saturated rings. The molecule has 0 aromatic carbocycles. The van der Waals surface area contributed by atoms with Crippen LogP contribution in [0.3, 0.4) is 0 Å². The fourth-order valence-electron chi connectivity index (χ4n) is 1.87. The Morgan fingerprint density at radius 3 is 2.50 bits per heavy atom. The maximum atomic E-state index is 12.1. The molecule has 1 amide bonds. The fraction of sp³-hybridized carbons (Fsp3) is 0.533. The van der Waals surface area contributed by atoms with Crippen LogP contribution in [-0.4, -0.2) is 22.0 Å². The second kappa shape index (κ2) is 6.50. The molecule has 0 aliphatic rings. The summed E-state index contributed by atoms with van der Waals surface area (Å²) in [7, 11) is 0. The summed E-state index contributed by atoms with van der Waals surface area (Å²) in [5.41, 5.74) is -0.166. The van der Waals surface area contributed by atoms with Gasteiger partial charge >= 0.3 is 5.97 Å². The second-order valence-corrected chi connectivity index (χ2v) is 5.63. The maximum Gasteiger partial charge on any atom is 0.310 e. The SMILES string of the molecule is CC(C)C(C)(CC(=O)N[C@@H](C)c1cccnc1)C(=O)O. The van der Waals surface area contributed by atoms with Crippen LogP contribution >= 0.6 is 0 Å². The van der Waals surface area contributed by atoms with Crippen LogP contribution in [0.4, 0.5) is 0 Å². The molecule has 0 spiro atoms. The zero-order valence-corrected chi connectivity index (χ0v) is 12.4. The summed E-state index contributed by atoms with van der Waals surface area (Å²) in [6.45, 7) is 7.08. The van der Waals surface area contributed by atoms with Crippen LogP contribution in [0.2, 0.25) is 0 Å². The first-order chi connectivity index (χ1) is 9.27.